The summed E-state index contributed by atoms with van der Waals surface area (Å²) in [6.07, 6.45) is 3.09. The maximum Gasteiger partial charge on any atom is 0.407 e. The molecule has 1 aliphatic heterocycles. The van der Waals surface area contributed by atoms with Gasteiger partial charge in [0.15, 0.2) is 0 Å². The topological polar surface area (TPSA) is 88.5 Å². The second-order valence-corrected chi connectivity index (χ2v) is 9.61. The minimum atomic E-state index is -0.651. The van der Waals surface area contributed by atoms with Gasteiger partial charge >= 0.3 is 6.09 Å². The lowest BCUT2D eigenvalue weighted by atomic mass is 10.1. The van der Waals surface area contributed by atoms with Crippen molar-refractivity contribution in [1.29, 1.82) is 0 Å². The summed E-state index contributed by atoms with van der Waals surface area (Å²) in [6.45, 7) is 23.5. The van der Waals surface area contributed by atoms with Crippen molar-refractivity contribution < 1.29 is 18.7 Å². The second kappa shape index (κ2) is 14.2. The Hall–Kier alpha value is -3.88. The average molecular weight is 528 g/mol. The van der Waals surface area contributed by atoms with E-state index in [1.54, 1.807) is 38.7 Å². The van der Waals surface area contributed by atoms with Crippen LogP contribution in [-0.2, 0) is 24.9 Å². The molecule has 3 rings (SSSR count). The van der Waals surface area contributed by atoms with Crippen LogP contribution >= 0.6 is 0 Å². The SMILES string of the molecule is C=C1Nc2c(cnn2C)CN(C(=O)c2ccc(CNC(=O)OC(C)(C)C)c(F)c2)C1=C.CC.CC=C(C)C. The van der Waals surface area contributed by atoms with E-state index in [0.29, 0.717) is 11.4 Å². The molecule has 2 amide bonds. The van der Waals surface area contributed by atoms with Crippen LogP contribution in [0, 0.1) is 5.82 Å². The Kier molecular flexibility index (Phi) is 12.0. The van der Waals surface area contributed by atoms with E-state index in [9.17, 15) is 14.0 Å². The van der Waals surface area contributed by atoms with E-state index >= 15 is 0 Å². The first-order valence-electron chi connectivity index (χ1n) is 12.6. The van der Waals surface area contributed by atoms with Crippen molar-refractivity contribution in [2.75, 3.05) is 5.32 Å². The zero-order valence-electron chi connectivity index (χ0n) is 24.2. The van der Waals surface area contributed by atoms with Gasteiger partial charge in [-0.15, -0.1) is 0 Å². The van der Waals surface area contributed by atoms with E-state index in [1.807, 2.05) is 20.8 Å². The number of ether oxygens (including phenoxy) is 1. The number of nitrogens with one attached hydrogen (secondary N) is 2. The summed E-state index contributed by atoms with van der Waals surface area (Å²) in [6, 6.07) is 4.12. The van der Waals surface area contributed by atoms with Crippen LogP contribution in [0.5, 0.6) is 0 Å². The number of rotatable bonds is 3. The number of fused-ring (bicyclic) bond motifs is 1. The number of amides is 2. The standard InChI is InChI=1S/C22H26FN5O3.C5H10.C2H6/c1-13-14(2)28(12-17-11-25-27(6)19(17)26-13)20(29)15-7-8-16(18(23)9-15)10-24-21(30)31-22(3,4)5;1-4-5(2)3;1-2/h7-9,11,26H,1-2,10,12H2,3-6H3,(H,24,30);4H,1-3H3;1-2H3. The van der Waals surface area contributed by atoms with E-state index in [-0.39, 0.29) is 24.2 Å². The normalized spacial score (nSPS) is 12.4. The minimum Gasteiger partial charge on any atom is -0.444 e. The number of allylic oxidation sites excluding steroid dienone is 2. The predicted octanol–water partition coefficient (Wildman–Crippen LogP) is 6.68. The van der Waals surface area contributed by atoms with Crippen LogP contribution in [-0.4, -0.2) is 32.3 Å². The zero-order valence-corrected chi connectivity index (χ0v) is 24.2. The number of aryl methyl sites for hydroxylation is 1. The third-order valence-corrected chi connectivity index (χ3v) is 5.23. The van der Waals surface area contributed by atoms with Gasteiger partial charge in [-0.3, -0.25) is 9.48 Å². The minimum absolute atomic E-state index is 0.0641. The summed E-state index contributed by atoms with van der Waals surface area (Å²) in [4.78, 5) is 26.3. The Morgan fingerprint density at radius 1 is 1.24 bits per heavy atom. The van der Waals surface area contributed by atoms with Crippen LogP contribution in [0.15, 0.2) is 60.6 Å². The lowest BCUT2D eigenvalue weighted by molar-refractivity contribution is 0.0522. The number of alkyl carbamates (subject to hydrolysis) is 1. The zero-order chi connectivity index (χ0) is 29.2. The molecule has 9 heteroatoms. The van der Waals surface area contributed by atoms with E-state index in [1.165, 1.54) is 22.6 Å². The summed E-state index contributed by atoms with van der Waals surface area (Å²) >= 11 is 0. The van der Waals surface area contributed by atoms with E-state index in [2.05, 4.69) is 48.8 Å². The quantitative estimate of drug-likeness (QED) is 0.435. The largest absolute Gasteiger partial charge is 0.444 e. The maximum absolute atomic E-state index is 14.6. The smallest absolute Gasteiger partial charge is 0.407 e. The molecule has 0 atom stereocenters. The highest BCUT2D eigenvalue weighted by atomic mass is 19.1. The number of hydrogen-bond donors (Lipinski definition) is 2. The fraction of sp³-hybridized carbons (Fsp3) is 0.414. The number of halogens is 1. The van der Waals surface area contributed by atoms with Gasteiger partial charge in [-0.2, -0.15) is 5.10 Å². The molecule has 1 aromatic carbocycles. The maximum atomic E-state index is 14.6. The molecular formula is C29H42FN5O3. The lowest BCUT2D eigenvalue weighted by Gasteiger charge is -2.23. The molecule has 0 unspecified atom stereocenters. The van der Waals surface area contributed by atoms with Crippen molar-refractivity contribution in [1.82, 2.24) is 20.0 Å². The van der Waals surface area contributed by atoms with E-state index in [0.717, 1.165) is 17.4 Å². The van der Waals surface area contributed by atoms with Gasteiger partial charge in [0, 0.05) is 30.3 Å². The summed E-state index contributed by atoms with van der Waals surface area (Å²) in [7, 11) is 1.78. The Bertz CT molecular complexity index is 1190. The summed E-state index contributed by atoms with van der Waals surface area (Å²) in [5.41, 5.74) is 2.74. The molecule has 2 aromatic rings. The third-order valence-electron chi connectivity index (χ3n) is 5.23. The van der Waals surface area contributed by atoms with Gasteiger partial charge in [0.1, 0.15) is 17.2 Å². The fourth-order valence-electron chi connectivity index (χ4n) is 3.06. The summed E-state index contributed by atoms with van der Waals surface area (Å²) < 4.78 is 21.4. The van der Waals surface area contributed by atoms with Gasteiger partial charge in [-0.05, 0) is 53.7 Å². The van der Waals surface area contributed by atoms with Gasteiger partial charge in [0.2, 0.25) is 0 Å². The highest BCUT2D eigenvalue weighted by Gasteiger charge is 2.27. The van der Waals surface area contributed by atoms with Crippen LogP contribution in [0.25, 0.3) is 0 Å². The molecule has 0 bridgehead atoms. The predicted molar refractivity (Wildman–Crippen MR) is 151 cm³/mol. The summed E-state index contributed by atoms with van der Waals surface area (Å²) in [5.74, 6) is -0.312. The molecule has 38 heavy (non-hydrogen) atoms. The van der Waals surface area contributed by atoms with Gasteiger partial charge in [-0.25, -0.2) is 9.18 Å². The average Bonchev–Trinajstić information content (AvgIpc) is 3.13. The van der Waals surface area contributed by atoms with Crippen LogP contribution < -0.4 is 10.6 Å². The molecule has 2 N–H and O–H groups in total. The monoisotopic (exact) mass is 527 g/mol. The van der Waals surface area contributed by atoms with Gasteiger partial charge in [0.05, 0.1) is 24.1 Å². The van der Waals surface area contributed by atoms with Crippen molar-refractivity contribution in [2.24, 2.45) is 7.05 Å². The molecule has 0 spiro atoms. The van der Waals surface area contributed by atoms with Gasteiger partial charge < -0.3 is 20.3 Å². The molecule has 1 aromatic heterocycles. The Labute approximate surface area is 226 Å². The van der Waals surface area contributed by atoms with E-state index < -0.39 is 23.4 Å². The van der Waals surface area contributed by atoms with Crippen LogP contribution in [0.2, 0.25) is 0 Å². The Balaban J connectivity index is 0.000000924. The Morgan fingerprint density at radius 2 is 1.84 bits per heavy atom. The number of nitrogens with zero attached hydrogens (tertiary/aromatic N) is 3. The first-order chi connectivity index (χ1) is 17.7. The lowest BCUT2D eigenvalue weighted by Crippen LogP contribution is -2.32. The number of hydrogen-bond acceptors (Lipinski definition) is 5. The highest BCUT2D eigenvalue weighted by Crippen LogP contribution is 2.29. The fourth-order valence-corrected chi connectivity index (χ4v) is 3.06. The number of benzene rings is 1. The van der Waals surface area contributed by atoms with Gasteiger partial charge in [0.25, 0.3) is 5.91 Å². The first-order valence-corrected chi connectivity index (χ1v) is 12.6. The Morgan fingerprint density at radius 3 is 2.37 bits per heavy atom. The number of aromatic nitrogens is 2. The third kappa shape index (κ3) is 9.21. The van der Waals surface area contributed by atoms with Crippen molar-refractivity contribution >= 4 is 17.8 Å². The van der Waals surface area contributed by atoms with E-state index in [4.69, 9.17) is 4.74 Å². The summed E-state index contributed by atoms with van der Waals surface area (Å²) in [5, 5.41) is 9.80. The van der Waals surface area contributed by atoms with Crippen molar-refractivity contribution in [3.05, 3.63) is 83.1 Å². The number of carbonyl (C=O) groups is 2. The number of anilines is 1. The molecule has 2 heterocycles. The highest BCUT2D eigenvalue weighted by molar-refractivity contribution is 5.96. The van der Waals surface area contributed by atoms with Crippen molar-refractivity contribution in [3.63, 3.8) is 0 Å². The van der Waals surface area contributed by atoms with Crippen molar-refractivity contribution in [2.45, 2.75) is 74.1 Å². The van der Waals surface area contributed by atoms with Crippen LogP contribution in [0.1, 0.15) is 76.9 Å². The first kappa shape index (κ1) is 32.1. The molecule has 0 fully saturated rings. The molecule has 8 nitrogen and oxygen atoms in total. The van der Waals surface area contributed by atoms with Gasteiger partial charge in [-0.1, -0.05) is 44.7 Å². The van der Waals surface area contributed by atoms with Crippen molar-refractivity contribution in [3.8, 4) is 0 Å². The molecule has 0 aliphatic carbocycles. The molecule has 0 radical (unpaired) electrons. The molecule has 0 saturated carbocycles. The molecular weight excluding hydrogens is 485 g/mol. The second-order valence-electron chi connectivity index (χ2n) is 9.61. The molecule has 1 aliphatic rings. The molecule has 0 saturated heterocycles. The number of carbonyl (C=O) groups excluding carboxylic acids is 2. The van der Waals surface area contributed by atoms with Crippen LogP contribution in [0.4, 0.5) is 15.0 Å². The van der Waals surface area contributed by atoms with Crippen LogP contribution in [0.3, 0.4) is 0 Å². The molecule has 208 valence electrons.